The van der Waals surface area contributed by atoms with Crippen molar-refractivity contribution in [2.24, 2.45) is 0 Å². The Morgan fingerprint density at radius 2 is 1.72 bits per heavy atom. The Balaban J connectivity index is 2.32. The smallest absolute Gasteiger partial charge is 0.264 e. The van der Waals surface area contributed by atoms with E-state index in [4.69, 9.17) is 0 Å². The molecule has 1 aromatic heterocycles. The molecule has 0 amide bonds. The van der Waals surface area contributed by atoms with Crippen molar-refractivity contribution in [2.75, 3.05) is 0 Å². The zero-order chi connectivity index (χ0) is 12.5. The summed E-state index contributed by atoms with van der Waals surface area (Å²) < 4.78 is 1.78. The molecule has 1 heterocycles. The van der Waals surface area contributed by atoms with E-state index in [0.717, 1.165) is 16.6 Å². The van der Waals surface area contributed by atoms with Gasteiger partial charge in [0.15, 0.2) is 0 Å². The number of fused-ring (bicyclic) bond motifs is 1. The summed E-state index contributed by atoms with van der Waals surface area (Å²) in [5.74, 6) is 0. The van der Waals surface area contributed by atoms with Crippen molar-refractivity contribution < 1.29 is 4.68 Å². The Bertz CT molecular complexity index is 775. The molecule has 0 bridgehead atoms. The van der Waals surface area contributed by atoms with Crippen molar-refractivity contribution in [1.82, 2.24) is 5.10 Å². The highest BCUT2D eigenvalue weighted by Gasteiger charge is 2.12. The van der Waals surface area contributed by atoms with Gasteiger partial charge in [0, 0.05) is 11.6 Å². The molecule has 0 unspecified atom stereocenters. The van der Waals surface area contributed by atoms with Crippen molar-refractivity contribution in [3.05, 3.63) is 70.6 Å². The average Bonchev–Trinajstić information content (AvgIpc) is 2.39. The fourth-order valence-electron chi connectivity index (χ4n) is 2.12. The molecule has 0 spiro atoms. The molecule has 3 rings (SSSR count). The van der Waals surface area contributed by atoms with Crippen molar-refractivity contribution in [3.63, 3.8) is 0 Å². The van der Waals surface area contributed by atoms with E-state index in [1.54, 1.807) is 4.68 Å². The summed E-state index contributed by atoms with van der Waals surface area (Å²) in [6, 6.07) is 15.5. The number of aromatic amines is 1. The molecule has 0 atom stereocenters. The van der Waals surface area contributed by atoms with Gasteiger partial charge < -0.3 is 0 Å². The van der Waals surface area contributed by atoms with Gasteiger partial charge in [-0.15, -0.1) is 5.10 Å². The second-order valence-electron chi connectivity index (χ2n) is 4.31. The van der Waals surface area contributed by atoms with Crippen LogP contribution < -0.4 is 10.2 Å². The molecular weight excluding hydrogens is 224 g/mol. The van der Waals surface area contributed by atoms with E-state index in [2.05, 4.69) is 5.10 Å². The summed E-state index contributed by atoms with van der Waals surface area (Å²) in [6.07, 6.45) is 1.94. The second-order valence-corrected chi connectivity index (χ2v) is 4.31. The second kappa shape index (κ2) is 4.11. The lowest BCUT2D eigenvalue weighted by molar-refractivity contribution is -0.660. The zero-order valence-electron chi connectivity index (χ0n) is 10.1. The molecule has 0 fully saturated rings. The molecule has 3 aromatic rings. The number of hydrogen-bond acceptors (Lipinski definition) is 1. The number of para-hydroxylation sites is 1. The lowest BCUT2D eigenvalue weighted by Gasteiger charge is -2.00. The predicted molar refractivity (Wildman–Crippen MR) is 70.8 cm³/mol. The number of H-pyrrole nitrogens is 1. The van der Waals surface area contributed by atoms with E-state index in [1.165, 1.54) is 0 Å². The Kier molecular flexibility index (Phi) is 2.45. The summed E-state index contributed by atoms with van der Waals surface area (Å²) in [4.78, 5) is 12.0. The molecule has 88 valence electrons. The Hall–Kier alpha value is -2.42. The number of aromatic nitrogens is 2. The first-order chi connectivity index (χ1) is 8.75. The minimum atomic E-state index is -0.0728. The molecule has 18 heavy (non-hydrogen) atoms. The maximum absolute atomic E-state index is 12.0. The van der Waals surface area contributed by atoms with Gasteiger partial charge in [-0.25, -0.2) is 0 Å². The topological polar surface area (TPSA) is 36.7 Å². The van der Waals surface area contributed by atoms with Crippen LogP contribution in [0.3, 0.4) is 0 Å². The largest absolute Gasteiger partial charge is 0.306 e. The highest BCUT2D eigenvalue weighted by Crippen LogP contribution is 2.08. The maximum atomic E-state index is 12.0. The molecule has 0 aliphatic heterocycles. The third-order valence-electron chi connectivity index (χ3n) is 3.07. The van der Waals surface area contributed by atoms with Crippen LogP contribution in [-0.2, 0) is 0 Å². The van der Waals surface area contributed by atoms with Crippen LogP contribution in [0.5, 0.6) is 0 Å². The van der Waals surface area contributed by atoms with E-state index >= 15 is 0 Å². The average molecular weight is 237 g/mol. The molecule has 1 N–H and O–H groups in total. The van der Waals surface area contributed by atoms with Crippen LogP contribution in [0.2, 0.25) is 0 Å². The summed E-state index contributed by atoms with van der Waals surface area (Å²) in [5.41, 5.74) is 2.03. The summed E-state index contributed by atoms with van der Waals surface area (Å²) in [5, 5.41) is 4.51. The van der Waals surface area contributed by atoms with E-state index in [1.807, 2.05) is 61.7 Å². The number of hydrogen-bond donors (Lipinski definition) is 1. The quantitative estimate of drug-likeness (QED) is 0.647. The van der Waals surface area contributed by atoms with E-state index < -0.39 is 0 Å². The van der Waals surface area contributed by atoms with Crippen LogP contribution in [0.1, 0.15) is 5.56 Å². The van der Waals surface area contributed by atoms with Crippen LogP contribution in [0.4, 0.5) is 0 Å². The zero-order valence-corrected chi connectivity index (χ0v) is 10.1. The third-order valence-corrected chi connectivity index (χ3v) is 3.07. The van der Waals surface area contributed by atoms with Gasteiger partial charge in [-0.2, -0.15) is 0 Å². The van der Waals surface area contributed by atoms with Gasteiger partial charge >= 0.3 is 5.56 Å². The number of rotatable bonds is 1. The fraction of sp³-hybridized carbons (Fsp3) is 0.0667. The molecule has 3 nitrogen and oxygen atoms in total. The molecule has 0 saturated heterocycles. The minimum absolute atomic E-state index is 0.0728. The van der Waals surface area contributed by atoms with Gasteiger partial charge in [0.2, 0.25) is 11.9 Å². The lowest BCUT2D eigenvalue weighted by atomic mass is 10.2. The Morgan fingerprint density at radius 3 is 2.56 bits per heavy atom. The molecule has 3 heteroatoms. The van der Waals surface area contributed by atoms with Crippen LogP contribution >= 0.6 is 0 Å². The number of nitrogens with zero attached hydrogens (tertiary/aromatic N) is 1. The molecule has 0 radical (unpaired) electrons. The Morgan fingerprint density at radius 1 is 1.00 bits per heavy atom. The van der Waals surface area contributed by atoms with E-state index in [9.17, 15) is 4.79 Å². The summed E-state index contributed by atoms with van der Waals surface area (Å²) in [6.45, 7) is 2.02. The SMILES string of the molecule is Cc1ccccc1-[n+]1cc2ccccc2c(=O)[nH]1. The minimum Gasteiger partial charge on any atom is -0.264 e. The molecule has 0 saturated carbocycles. The van der Waals surface area contributed by atoms with Gasteiger partial charge in [0.1, 0.15) is 0 Å². The normalized spacial score (nSPS) is 10.7. The van der Waals surface area contributed by atoms with Gasteiger partial charge in [0.05, 0.1) is 10.8 Å². The van der Waals surface area contributed by atoms with Gasteiger partial charge in [0.25, 0.3) is 0 Å². The van der Waals surface area contributed by atoms with Crippen molar-refractivity contribution in [3.8, 4) is 5.69 Å². The van der Waals surface area contributed by atoms with E-state index in [-0.39, 0.29) is 5.56 Å². The lowest BCUT2D eigenvalue weighted by Crippen LogP contribution is -2.40. The molecule has 2 aromatic carbocycles. The first-order valence-electron chi connectivity index (χ1n) is 5.85. The highest BCUT2D eigenvalue weighted by molar-refractivity contribution is 5.79. The Labute approximate surface area is 104 Å². The maximum Gasteiger partial charge on any atom is 0.306 e. The van der Waals surface area contributed by atoms with Gasteiger partial charge in [-0.3, -0.25) is 4.79 Å². The predicted octanol–water partition coefficient (Wildman–Crippen LogP) is 2.11. The van der Waals surface area contributed by atoms with Crippen LogP contribution in [-0.4, -0.2) is 5.10 Å². The number of benzene rings is 2. The van der Waals surface area contributed by atoms with Crippen LogP contribution in [0, 0.1) is 6.92 Å². The summed E-state index contributed by atoms with van der Waals surface area (Å²) in [7, 11) is 0. The van der Waals surface area contributed by atoms with E-state index in [0.29, 0.717) is 5.39 Å². The van der Waals surface area contributed by atoms with Gasteiger partial charge in [-0.1, -0.05) is 35.0 Å². The first-order valence-corrected chi connectivity index (χ1v) is 5.85. The van der Waals surface area contributed by atoms with Gasteiger partial charge in [-0.05, 0) is 19.1 Å². The number of nitrogens with one attached hydrogen (secondary N) is 1. The summed E-state index contributed by atoms with van der Waals surface area (Å²) >= 11 is 0. The monoisotopic (exact) mass is 237 g/mol. The van der Waals surface area contributed by atoms with Crippen molar-refractivity contribution in [2.45, 2.75) is 6.92 Å². The molecule has 0 aliphatic rings. The molecular formula is C15H13N2O+. The number of aryl methyl sites for hydroxylation is 1. The highest BCUT2D eigenvalue weighted by atomic mass is 16.1. The van der Waals surface area contributed by atoms with Crippen molar-refractivity contribution in [1.29, 1.82) is 0 Å². The standard InChI is InChI=1S/C15H12N2O/c1-11-6-2-5-9-14(11)17-10-12-7-3-4-8-13(12)15(18)16-17/h2-10H,1H3/p+1. The third kappa shape index (κ3) is 1.70. The first kappa shape index (κ1) is 10.7. The van der Waals surface area contributed by atoms with Crippen molar-refractivity contribution >= 4 is 10.8 Å². The molecule has 0 aliphatic carbocycles. The van der Waals surface area contributed by atoms with Crippen LogP contribution in [0.25, 0.3) is 16.5 Å². The van der Waals surface area contributed by atoms with Crippen LogP contribution in [0.15, 0.2) is 59.5 Å². The fourth-order valence-corrected chi connectivity index (χ4v) is 2.12.